The zero-order chi connectivity index (χ0) is 17.9. The highest BCUT2D eigenvalue weighted by Gasteiger charge is 2.14. The van der Waals surface area contributed by atoms with Crippen LogP contribution in [0.3, 0.4) is 0 Å². The molecule has 0 aliphatic rings. The van der Waals surface area contributed by atoms with E-state index < -0.39 is 0 Å². The first kappa shape index (κ1) is 15.8. The maximum atomic E-state index is 12.5. The lowest BCUT2D eigenvalue weighted by Crippen LogP contribution is -2.13. The molecule has 7 heteroatoms. The van der Waals surface area contributed by atoms with Crippen molar-refractivity contribution in [3.63, 3.8) is 0 Å². The molecule has 0 aliphatic carbocycles. The number of nitrogens with zero attached hydrogens (tertiary/aromatic N) is 4. The van der Waals surface area contributed by atoms with Gasteiger partial charge in [-0.05, 0) is 36.4 Å². The van der Waals surface area contributed by atoms with Crippen LogP contribution in [0.1, 0.15) is 10.4 Å². The van der Waals surface area contributed by atoms with E-state index in [0.717, 1.165) is 5.69 Å². The first-order chi connectivity index (χ1) is 12.8. The molecule has 1 amide bonds. The summed E-state index contributed by atoms with van der Waals surface area (Å²) in [4.78, 5) is 21.0. The van der Waals surface area contributed by atoms with Crippen molar-refractivity contribution < 1.29 is 9.53 Å². The topological polar surface area (TPSA) is 81.9 Å². The second-order valence-electron chi connectivity index (χ2n) is 5.53. The van der Waals surface area contributed by atoms with E-state index in [-0.39, 0.29) is 5.91 Å². The molecule has 2 aromatic heterocycles. The summed E-state index contributed by atoms with van der Waals surface area (Å²) in [5, 5.41) is 7.86. The van der Waals surface area contributed by atoms with Gasteiger partial charge in [0.15, 0.2) is 5.65 Å². The average molecular weight is 345 g/mol. The van der Waals surface area contributed by atoms with Gasteiger partial charge in [0, 0.05) is 5.56 Å². The number of anilines is 1. The quantitative estimate of drug-likeness (QED) is 0.615. The maximum absolute atomic E-state index is 12.5. The van der Waals surface area contributed by atoms with Gasteiger partial charge in [-0.1, -0.05) is 18.2 Å². The predicted octanol–water partition coefficient (Wildman–Crippen LogP) is 3.08. The molecular formula is C19H15N5O2. The van der Waals surface area contributed by atoms with E-state index in [1.165, 1.54) is 6.33 Å². The number of nitrogens with one attached hydrogen (secondary N) is 1. The Morgan fingerprint density at radius 1 is 1.04 bits per heavy atom. The third kappa shape index (κ3) is 2.86. The lowest BCUT2D eigenvalue weighted by atomic mass is 10.2. The summed E-state index contributed by atoms with van der Waals surface area (Å²) < 4.78 is 6.81. The van der Waals surface area contributed by atoms with Gasteiger partial charge in [-0.25, -0.2) is 14.6 Å². The van der Waals surface area contributed by atoms with Crippen molar-refractivity contribution in [1.82, 2.24) is 19.7 Å². The molecule has 0 radical (unpaired) electrons. The summed E-state index contributed by atoms with van der Waals surface area (Å²) >= 11 is 0. The Hall–Kier alpha value is -3.74. The Kier molecular flexibility index (Phi) is 4.03. The van der Waals surface area contributed by atoms with E-state index in [0.29, 0.717) is 28.2 Å². The minimum Gasteiger partial charge on any atom is -0.497 e. The third-order valence-corrected chi connectivity index (χ3v) is 3.95. The standard InChI is InChI=1S/C19H15N5O2/c1-26-15-9-7-13(8-10-15)19(25)23-17-16-11-22-24(18(16)21-12-20-17)14-5-3-2-4-6-14/h2-12H,1H3,(H,20,21,23,25). The summed E-state index contributed by atoms with van der Waals surface area (Å²) in [6.07, 6.45) is 3.05. The van der Waals surface area contributed by atoms with Crippen LogP contribution in [0, 0.1) is 0 Å². The van der Waals surface area contributed by atoms with E-state index >= 15 is 0 Å². The molecule has 2 heterocycles. The molecule has 0 bridgehead atoms. The number of carbonyl (C=O) groups is 1. The SMILES string of the molecule is COc1ccc(C(=O)Nc2ncnc3c2cnn3-c2ccccc2)cc1. The van der Waals surface area contributed by atoms with Crippen molar-refractivity contribution in [3.8, 4) is 11.4 Å². The molecule has 7 nitrogen and oxygen atoms in total. The Balaban J connectivity index is 1.67. The number of methoxy groups -OCH3 is 1. The van der Waals surface area contributed by atoms with Crippen LogP contribution in [0.4, 0.5) is 5.82 Å². The Bertz CT molecular complexity index is 1060. The van der Waals surface area contributed by atoms with E-state index in [1.54, 1.807) is 42.3 Å². The van der Waals surface area contributed by atoms with Gasteiger partial charge in [-0.2, -0.15) is 5.10 Å². The summed E-state index contributed by atoms with van der Waals surface area (Å²) in [6, 6.07) is 16.5. The lowest BCUT2D eigenvalue weighted by molar-refractivity contribution is 0.102. The highest BCUT2D eigenvalue weighted by molar-refractivity contribution is 6.07. The Morgan fingerprint density at radius 3 is 2.54 bits per heavy atom. The smallest absolute Gasteiger partial charge is 0.256 e. The van der Waals surface area contributed by atoms with Gasteiger partial charge in [0.1, 0.15) is 17.9 Å². The fourth-order valence-corrected chi connectivity index (χ4v) is 2.62. The van der Waals surface area contributed by atoms with Crippen LogP contribution in [-0.2, 0) is 0 Å². The van der Waals surface area contributed by atoms with Gasteiger partial charge >= 0.3 is 0 Å². The molecular weight excluding hydrogens is 330 g/mol. The van der Waals surface area contributed by atoms with Crippen molar-refractivity contribution in [3.05, 3.63) is 72.7 Å². The molecule has 0 spiro atoms. The van der Waals surface area contributed by atoms with E-state index in [4.69, 9.17) is 4.74 Å². The molecule has 0 saturated heterocycles. The molecule has 0 aliphatic heterocycles. The van der Waals surface area contributed by atoms with Gasteiger partial charge in [-0.15, -0.1) is 0 Å². The van der Waals surface area contributed by atoms with Crippen LogP contribution in [-0.4, -0.2) is 32.8 Å². The molecule has 128 valence electrons. The minimum atomic E-state index is -0.264. The monoisotopic (exact) mass is 345 g/mol. The van der Waals surface area contributed by atoms with Crippen LogP contribution in [0.5, 0.6) is 5.75 Å². The molecule has 0 saturated carbocycles. The fraction of sp³-hybridized carbons (Fsp3) is 0.0526. The second kappa shape index (κ2) is 6.64. The van der Waals surface area contributed by atoms with Crippen molar-refractivity contribution in [2.45, 2.75) is 0 Å². The summed E-state index contributed by atoms with van der Waals surface area (Å²) in [7, 11) is 1.58. The molecule has 4 rings (SSSR count). The Labute approximate surface area is 149 Å². The maximum Gasteiger partial charge on any atom is 0.256 e. The molecule has 2 aromatic carbocycles. The van der Waals surface area contributed by atoms with Crippen molar-refractivity contribution in [2.24, 2.45) is 0 Å². The van der Waals surface area contributed by atoms with Gasteiger partial charge < -0.3 is 10.1 Å². The van der Waals surface area contributed by atoms with Crippen LogP contribution in [0.25, 0.3) is 16.7 Å². The van der Waals surface area contributed by atoms with E-state index in [2.05, 4.69) is 20.4 Å². The van der Waals surface area contributed by atoms with Crippen LogP contribution in [0.15, 0.2) is 67.1 Å². The summed E-state index contributed by atoms with van der Waals surface area (Å²) in [6.45, 7) is 0. The normalized spacial score (nSPS) is 10.7. The average Bonchev–Trinajstić information content (AvgIpc) is 3.14. The molecule has 0 atom stereocenters. The highest BCUT2D eigenvalue weighted by Crippen LogP contribution is 2.22. The lowest BCUT2D eigenvalue weighted by Gasteiger charge is -2.07. The zero-order valence-electron chi connectivity index (χ0n) is 14.0. The number of fused-ring (bicyclic) bond motifs is 1. The zero-order valence-corrected chi connectivity index (χ0v) is 14.0. The number of amides is 1. The largest absolute Gasteiger partial charge is 0.497 e. The number of benzene rings is 2. The molecule has 0 fully saturated rings. The summed E-state index contributed by atoms with van der Waals surface area (Å²) in [5.41, 5.74) is 2.01. The molecule has 26 heavy (non-hydrogen) atoms. The van der Waals surface area contributed by atoms with Crippen molar-refractivity contribution >= 4 is 22.8 Å². The molecule has 4 aromatic rings. The number of rotatable bonds is 4. The van der Waals surface area contributed by atoms with Gasteiger partial charge in [0.25, 0.3) is 5.91 Å². The van der Waals surface area contributed by atoms with Crippen LogP contribution < -0.4 is 10.1 Å². The first-order valence-corrected chi connectivity index (χ1v) is 7.96. The summed E-state index contributed by atoms with van der Waals surface area (Å²) in [5.74, 6) is 0.841. The third-order valence-electron chi connectivity index (χ3n) is 3.95. The van der Waals surface area contributed by atoms with Crippen LogP contribution in [0.2, 0.25) is 0 Å². The number of hydrogen-bond acceptors (Lipinski definition) is 5. The highest BCUT2D eigenvalue weighted by atomic mass is 16.5. The van der Waals surface area contributed by atoms with Gasteiger partial charge in [0.05, 0.1) is 24.4 Å². The number of ether oxygens (including phenoxy) is 1. The van der Waals surface area contributed by atoms with E-state index in [1.807, 2.05) is 30.3 Å². The fourth-order valence-electron chi connectivity index (χ4n) is 2.62. The van der Waals surface area contributed by atoms with E-state index in [9.17, 15) is 4.79 Å². The van der Waals surface area contributed by atoms with Crippen LogP contribution >= 0.6 is 0 Å². The number of aromatic nitrogens is 4. The van der Waals surface area contributed by atoms with Gasteiger partial charge in [0.2, 0.25) is 0 Å². The number of hydrogen-bond donors (Lipinski definition) is 1. The second-order valence-corrected chi connectivity index (χ2v) is 5.53. The first-order valence-electron chi connectivity index (χ1n) is 7.96. The van der Waals surface area contributed by atoms with Crippen molar-refractivity contribution in [2.75, 3.05) is 12.4 Å². The molecule has 1 N–H and O–H groups in total. The number of para-hydroxylation sites is 1. The van der Waals surface area contributed by atoms with Crippen molar-refractivity contribution in [1.29, 1.82) is 0 Å². The van der Waals surface area contributed by atoms with Gasteiger partial charge in [-0.3, -0.25) is 4.79 Å². The predicted molar refractivity (Wildman–Crippen MR) is 97.6 cm³/mol. The molecule has 0 unspecified atom stereocenters. The minimum absolute atomic E-state index is 0.264. The Morgan fingerprint density at radius 2 is 1.81 bits per heavy atom. The number of carbonyl (C=O) groups excluding carboxylic acids is 1.